The first kappa shape index (κ1) is 13.1. The Morgan fingerprint density at radius 3 is 2.83 bits per heavy atom. The van der Waals surface area contributed by atoms with Crippen LogP contribution in [0.15, 0.2) is 24.3 Å². The summed E-state index contributed by atoms with van der Waals surface area (Å²) < 4.78 is 9.91. The Kier molecular flexibility index (Phi) is 4.73. The number of nitrogens with zero attached hydrogens (tertiary/aromatic N) is 1. The minimum Gasteiger partial charge on any atom is -0.462 e. The Morgan fingerprint density at radius 1 is 1.28 bits per heavy atom. The van der Waals surface area contributed by atoms with Gasteiger partial charge in [-0.25, -0.2) is 0 Å². The van der Waals surface area contributed by atoms with E-state index in [4.69, 9.17) is 9.47 Å². The molecule has 2 rings (SSSR count). The highest BCUT2D eigenvalue weighted by Crippen LogP contribution is 2.17. The Labute approximate surface area is 107 Å². The summed E-state index contributed by atoms with van der Waals surface area (Å²) in [5, 5.41) is 0. The fourth-order valence-corrected chi connectivity index (χ4v) is 2.16. The molecule has 0 unspecified atom stereocenters. The third-order valence-electron chi connectivity index (χ3n) is 3.11. The number of carbonyl (C=O) groups excluding carboxylic acids is 1. The smallest absolute Gasteiger partial charge is 0.320 e. The van der Waals surface area contributed by atoms with Crippen molar-refractivity contribution in [2.24, 2.45) is 0 Å². The molecule has 0 saturated carbocycles. The molecule has 1 aromatic carbocycles. The Morgan fingerprint density at radius 2 is 2.06 bits per heavy atom. The SMILES string of the molecule is COCCOC(=O)CN1CCc2ccccc2C1. The van der Waals surface area contributed by atoms with Crippen molar-refractivity contribution in [3.63, 3.8) is 0 Å². The predicted molar refractivity (Wildman–Crippen MR) is 68.3 cm³/mol. The molecule has 0 atom stereocenters. The first-order chi connectivity index (χ1) is 8.79. The summed E-state index contributed by atoms with van der Waals surface area (Å²) in [7, 11) is 1.59. The van der Waals surface area contributed by atoms with E-state index in [2.05, 4.69) is 23.1 Å². The van der Waals surface area contributed by atoms with Gasteiger partial charge >= 0.3 is 5.97 Å². The van der Waals surface area contributed by atoms with Crippen molar-refractivity contribution in [1.82, 2.24) is 4.90 Å². The highest BCUT2D eigenvalue weighted by atomic mass is 16.6. The number of esters is 1. The van der Waals surface area contributed by atoms with E-state index in [-0.39, 0.29) is 5.97 Å². The number of benzene rings is 1. The van der Waals surface area contributed by atoms with E-state index in [0.717, 1.165) is 19.5 Å². The van der Waals surface area contributed by atoms with Gasteiger partial charge in [0.2, 0.25) is 0 Å². The summed E-state index contributed by atoms with van der Waals surface area (Å²) in [4.78, 5) is 13.7. The van der Waals surface area contributed by atoms with Gasteiger partial charge < -0.3 is 9.47 Å². The van der Waals surface area contributed by atoms with Gasteiger partial charge in [0, 0.05) is 20.2 Å². The standard InChI is InChI=1S/C14H19NO3/c1-17-8-9-18-14(16)11-15-7-6-12-4-2-3-5-13(12)10-15/h2-5H,6-11H2,1H3. The van der Waals surface area contributed by atoms with Gasteiger partial charge in [-0.05, 0) is 17.5 Å². The van der Waals surface area contributed by atoms with Gasteiger partial charge in [-0.1, -0.05) is 24.3 Å². The molecule has 4 heteroatoms. The summed E-state index contributed by atoms with van der Waals surface area (Å²) in [6.45, 7) is 2.89. The highest BCUT2D eigenvalue weighted by molar-refractivity contribution is 5.71. The van der Waals surface area contributed by atoms with Crippen LogP contribution in [0.5, 0.6) is 0 Å². The topological polar surface area (TPSA) is 38.8 Å². The van der Waals surface area contributed by atoms with E-state index in [1.54, 1.807) is 7.11 Å². The maximum Gasteiger partial charge on any atom is 0.320 e. The Bertz CT molecular complexity index is 406. The molecule has 1 aliphatic heterocycles. The predicted octanol–water partition coefficient (Wildman–Crippen LogP) is 1.23. The maximum absolute atomic E-state index is 11.6. The number of ether oxygens (including phenoxy) is 2. The second-order valence-corrected chi connectivity index (χ2v) is 4.44. The largest absolute Gasteiger partial charge is 0.462 e. The molecule has 0 N–H and O–H groups in total. The highest BCUT2D eigenvalue weighted by Gasteiger charge is 2.18. The van der Waals surface area contributed by atoms with Crippen LogP contribution < -0.4 is 0 Å². The van der Waals surface area contributed by atoms with Crippen LogP contribution in [0.3, 0.4) is 0 Å². The van der Waals surface area contributed by atoms with E-state index in [9.17, 15) is 4.79 Å². The summed E-state index contributed by atoms with van der Waals surface area (Å²) >= 11 is 0. The molecule has 0 fully saturated rings. The first-order valence-corrected chi connectivity index (χ1v) is 6.23. The van der Waals surface area contributed by atoms with Crippen LogP contribution in [-0.4, -0.2) is 44.3 Å². The van der Waals surface area contributed by atoms with Crippen LogP contribution in [0, 0.1) is 0 Å². The molecule has 4 nitrogen and oxygen atoms in total. The van der Waals surface area contributed by atoms with Crippen LogP contribution in [0.1, 0.15) is 11.1 Å². The lowest BCUT2D eigenvalue weighted by Gasteiger charge is -2.27. The Hall–Kier alpha value is -1.39. The van der Waals surface area contributed by atoms with Crippen molar-refractivity contribution in [3.8, 4) is 0 Å². The quantitative estimate of drug-likeness (QED) is 0.581. The van der Waals surface area contributed by atoms with Crippen molar-refractivity contribution in [2.45, 2.75) is 13.0 Å². The van der Waals surface area contributed by atoms with Crippen molar-refractivity contribution < 1.29 is 14.3 Å². The van der Waals surface area contributed by atoms with E-state index in [1.165, 1.54) is 11.1 Å². The van der Waals surface area contributed by atoms with E-state index in [1.807, 2.05) is 6.07 Å². The molecule has 0 bridgehead atoms. The van der Waals surface area contributed by atoms with Crippen LogP contribution in [0.4, 0.5) is 0 Å². The average Bonchev–Trinajstić information content (AvgIpc) is 2.39. The summed E-state index contributed by atoms with van der Waals surface area (Å²) in [6, 6.07) is 8.38. The van der Waals surface area contributed by atoms with E-state index in [0.29, 0.717) is 19.8 Å². The third-order valence-corrected chi connectivity index (χ3v) is 3.11. The normalized spacial score (nSPS) is 15.2. The molecular weight excluding hydrogens is 230 g/mol. The fraction of sp³-hybridized carbons (Fsp3) is 0.500. The number of methoxy groups -OCH3 is 1. The molecule has 0 radical (unpaired) electrons. The lowest BCUT2D eigenvalue weighted by atomic mass is 10.0. The van der Waals surface area contributed by atoms with Crippen LogP contribution >= 0.6 is 0 Å². The molecule has 0 aliphatic carbocycles. The minimum absolute atomic E-state index is 0.175. The van der Waals surface area contributed by atoms with Gasteiger partial charge in [-0.3, -0.25) is 9.69 Å². The molecule has 1 aliphatic rings. The number of carbonyl (C=O) groups is 1. The average molecular weight is 249 g/mol. The lowest BCUT2D eigenvalue weighted by Crippen LogP contribution is -2.35. The molecule has 98 valence electrons. The molecule has 18 heavy (non-hydrogen) atoms. The third kappa shape index (κ3) is 3.55. The number of fused-ring (bicyclic) bond motifs is 1. The van der Waals surface area contributed by atoms with E-state index < -0.39 is 0 Å². The van der Waals surface area contributed by atoms with Gasteiger partial charge in [0.1, 0.15) is 6.61 Å². The van der Waals surface area contributed by atoms with Gasteiger partial charge in [0.15, 0.2) is 0 Å². The zero-order valence-corrected chi connectivity index (χ0v) is 10.7. The number of hydrogen-bond acceptors (Lipinski definition) is 4. The van der Waals surface area contributed by atoms with Crippen molar-refractivity contribution in [2.75, 3.05) is 33.4 Å². The first-order valence-electron chi connectivity index (χ1n) is 6.23. The minimum atomic E-state index is -0.175. The zero-order chi connectivity index (χ0) is 12.8. The fourth-order valence-electron chi connectivity index (χ4n) is 2.16. The molecule has 1 heterocycles. The van der Waals surface area contributed by atoms with Crippen molar-refractivity contribution in [1.29, 1.82) is 0 Å². The summed E-state index contributed by atoms with van der Waals surface area (Å²) in [5.41, 5.74) is 2.70. The van der Waals surface area contributed by atoms with Gasteiger partial charge in [-0.2, -0.15) is 0 Å². The summed E-state index contributed by atoms with van der Waals surface area (Å²) in [5.74, 6) is -0.175. The van der Waals surface area contributed by atoms with Crippen LogP contribution in [-0.2, 0) is 27.2 Å². The van der Waals surface area contributed by atoms with Gasteiger partial charge in [-0.15, -0.1) is 0 Å². The van der Waals surface area contributed by atoms with Crippen molar-refractivity contribution >= 4 is 5.97 Å². The second-order valence-electron chi connectivity index (χ2n) is 4.44. The molecule has 0 amide bonds. The molecule has 0 aromatic heterocycles. The number of rotatable bonds is 5. The van der Waals surface area contributed by atoms with Gasteiger partial charge in [0.25, 0.3) is 0 Å². The Balaban J connectivity index is 1.80. The van der Waals surface area contributed by atoms with Crippen LogP contribution in [0.25, 0.3) is 0 Å². The van der Waals surface area contributed by atoms with E-state index >= 15 is 0 Å². The van der Waals surface area contributed by atoms with Crippen molar-refractivity contribution in [3.05, 3.63) is 35.4 Å². The molecule has 1 aromatic rings. The molecular formula is C14H19NO3. The lowest BCUT2D eigenvalue weighted by molar-refractivity contribution is -0.146. The monoisotopic (exact) mass is 249 g/mol. The second kappa shape index (κ2) is 6.52. The van der Waals surface area contributed by atoms with Gasteiger partial charge in [0.05, 0.1) is 13.2 Å². The number of hydrogen-bond donors (Lipinski definition) is 0. The molecule has 0 saturated heterocycles. The zero-order valence-electron chi connectivity index (χ0n) is 10.7. The van der Waals surface area contributed by atoms with Crippen LogP contribution in [0.2, 0.25) is 0 Å². The maximum atomic E-state index is 11.6. The summed E-state index contributed by atoms with van der Waals surface area (Å²) in [6.07, 6.45) is 1.00. The molecule has 0 spiro atoms.